The maximum atomic E-state index is 6.38. The maximum Gasteiger partial charge on any atom is 0.0492 e. The van der Waals surface area contributed by atoms with Crippen molar-refractivity contribution in [1.29, 1.82) is 0 Å². The summed E-state index contributed by atoms with van der Waals surface area (Å²) in [7, 11) is 2.00. The number of halogens is 1. The zero-order valence-electron chi connectivity index (χ0n) is 12.8. The van der Waals surface area contributed by atoms with Gasteiger partial charge in [0.2, 0.25) is 0 Å². The molecule has 1 aromatic heterocycles. The van der Waals surface area contributed by atoms with E-state index >= 15 is 0 Å². The Labute approximate surface area is 132 Å². The van der Waals surface area contributed by atoms with Gasteiger partial charge in [0.1, 0.15) is 0 Å². The molecule has 2 rings (SSSR count). The predicted octanol–water partition coefficient (Wildman–Crippen LogP) is 3.79. The van der Waals surface area contributed by atoms with Crippen LogP contribution in [0.15, 0.2) is 36.5 Å². The lowest BCUT2D eigenvalue weighted by molar-refractivity contribution is 0.538. The Kier molecular flexibility index (Phi) is 6.27. The zero-order valence-corrected chi connectivity index (χ0v) is 13.6. The summed E-state index contributed by atoms with van der Waals surface area (Å²) in [5.41, 5.74) is 2.51. The molecular weight excluding hydrogens is 282 g/mol. The van der Waals surface area contributed by atoms with E-state index in [1.54, 1.807) is 0 Å². The van der Waals surface area contributed by atoms with Gasteiger partial charge in [0.05, 0.1) is 0 Å². The van der Waals surface area contributed by atoms with Crippen LogP contribution in [-0.2, 0) is 13.5 Å². The highest BCUT2D eigenvalue weighted by Crippen LogP contribution is 2.27. The second-order valence-corrected chi connectivity index (χ2v) is 5.81. The molecule has 21 heavy (non-hydrogen) atoms. The molecule has 114 valence electrons. The minimum atomic E-state index is 0.431. The monoisotopic (exact) mass is 305 g/mol. The largest absolute Gasteiger partial charge is 0.316 e. The van der Waals surface area contributed by atoms with E-state index in [2.05, 4.69) is 35.5 Å². The summed E-state index contributed by atoms with van der Waals surface area (Å²) >= 11 is 6.38. The lowest BCUT2D eigenvalue weighted by Crippen LogP contribution is -2.23. The minimum absolute atomic E-state index is 0.431. The third kappa shape index (κ3) is 4.58. The molecule has 1 heterocycles. The molecule has 2 aromatic rings. The predicted molar refractivity (Wildman–Crippen MR) is 88.9 cm³/mol. The van der Waals surface area contributed by atoms with Gasteiger partial charge in [0.25, 0.3) is 0 Å². The number of nitrogens with zero attached hydrogens (tertiary/aromatic N) is 2. The molecule has 0 saturated carbocycles. The summed E-state index contributed by atoms with van der Waals surface area (Å²) < 4.78 is 1.95. The average Bonchev–Trinajstić information content (AvgIpc) is 2.89. The standard InChI is InChI=1S/C17H24ClN3/c1-3-11-19-13-14(16-6-4-5-7-17(16)18)8-9-15-10-12-20-21(15)2/h4-7,10,12,14,19H,3,8-9,11,13H2,1-2H3. The second kappa shape index (κ2) is 8.20. The molecule has 0 bridgehead atoms. The quantitative estimate of drug-likeness (QED) is 0.752. The molecule has 0 aliphatic heterocycles. The van der Waals surface area contributed by atoms with Crippen molar-refractivity contribution in [2.45, 2.75) is 32.1 Å². The van der Waals surface area contributed by atoms with E-state index in [0.717, 1.165) is 37.4 Å². The van der Waals surface area contributed by atoms with Crippen LogP contribution in [0.3, 0.4) is 0 Å². The molecule has 0 spiro atoms. The molecule has 4 heteroatoms. The summed E-state index contributed by atoms with van der Waals surface area (Å²) in [6.07, 6.45) is 5.09. The van der Waals surface area contributed by atoms with Crippen molar-refractivity contribution in [2.75, 3.05) is 13.1 Å². The Morgan fingerprint density at radius 1 is 1.29 bits per heavy atom. The van der Waals surface area contributed by atoms with Crippen molar-refractivity contribution in [3.05, 3.63) is 52.8 Å². The lowest BCUT2D eigenvalue weighted by Gasteiger charge is -2.19. The van der Waals surface area contributed by atoms with Gasteiger partial charge in [-0.15, -0.1) is 0 Å². The SMILES string of the molecule is CCCNCC(CCc1ccnn1C)c1ccccc1Cl. The Morgan fingerprint density at radius 2 is 2.10 bits per heavy atom. The van der Waals surface area contributed by atoms with Gasteiger partial charge < -0.3 is 5.32 Å². The first-order chi connectivity index (χ1) is 10.2. The number of aryl methyl sites for hydroxylation is 2. The second-order valence-electron chi connectivity index (χ2n) is 5.41. The van der Waals surface area contributed by atoms with E-state index in [1.807, 2.05) is 30.1 Å². The van der Waals surface area contributed by atoms with E-state index < -0.39 is 0 Å². The first-order valence-electron chi connectivity index (χ1n) is 7.64. The lowest BCUT2D eigenvalue weighted by atomic mass is 9.93. The third-order valence-corrected chi connectivity index (χ3v) is 4.18. The summed E-state index contributed by atoms with van der Waals surface area (Å²) in [6, 6.07) is 10.3. The highest BCUT2D eigenvalue weighted by molar-refractivity contribution is 6.31. The molecule has 1 atom stereocenters. The van der Waals surface area contributed by atoms with Crippen LogP contribution in [0.5, 0.6) is 0 Å². The van der Waals surface area contributed by atoms with E-state index in [9.17, 15) is 0 Å². The van der Waals surface area contributed by atoms with Crippen LogP contribution in [0, 0.1) is 0 Å². The third-order valence-electron chi connectivity index (χ3n) is 3.83. The first-order valence-corrected chi connectivity index (χ1v) is 8.02. The van der Waals surface area contributed by atoms with Crippen LogP contribution in [0.1, 0.15) is 36.9 Å². The molecule has 1 unspecified atom stereocenters. The number of hydrogen-bond acceptors (Lipinski definition) is 2. The number of rotatable bonds is 8. The van der Waals surface area contributed by atoms with Crippen LogP contribution >= 0.6 is 11.6 Å². The van der Waals surface area contributed by atoms with Crippen LogP contribution in [-0.4, -0.2) is 22.9 Å². The first kappa shape index (κ1) is 16.1. The van der Waals surface area contributed by atoms with Gasteiger partial charge in [0.15, 0.2) is 0 Å². The fraction of sp³-hybridized carbons (Fsp3) is 0.471. The fourth-order valence-corrected chi connectivity index (χ4v) is 2.89. The number of aromatic nitrogens is 2. The van der Waals surface area contributed by atoms with Crippen molar-refractivity contribution < 1.29 is 0 Å². The van der Waals surface area contributed by atoms with Gasteiger partial charge in [0, 0.05) is 30.5 Å². The van der Waals surface area contributed by atoms with Crippen molar-refractivity contribution in [3.8, 4) is 0 Å². The van der Waals surface area contributed by atoms with Gasteiger partial charge in [-0.05, 0) is 49.4 Å². The zero-order chi connectivity index (χ0) is 15.1. The van der Waals surface area contributed by atoms with Crippen LogP contribution in [0.25, 0.3) is 0 Å². The van der Waals surface area contributed by atoms with Gasteiger partial charge in [-0.1, -0.05) is 36.7 Å². The van der Waals surface area contributed by atoms with Crippen molar-refractivity contribution in [2.24, 2.45) is 7.05 Å². The molecule has 0 amide bonds. The molecule has 0 saturated heterocycles. The smallest absolute Gasteiger partial charge is 0.0492 e. The fourth-order valence-electron chi connectivity index (χ4n) is 2.60. The molecule has 0 radical (unpaired) electrons. The summed E-state index contributed by atoms with van der Waals surface area (Å²) in [5, 5.41) is 8.63. The van der Waals surface area contributed by atoms with Crippen molar-refractivity contribution >= 4 is 11.6 Å². The number of nitrogens with one attached hydrogen (secondary N) is 1. The molecule has 3 nitrogen and oxygen atoms in total. The van der Waals surface area contributed by atoms with E-state index in [0.29, 0.717) is 5.92 Å². The Balaban J connectivity index is 2.05. The van der Waals surface area contributed by atoms with Gasteiger partial charge in [-0.3, -0.25) is 4.68 Å². The number of benzene rings is 1. The van der Waals surface area contributed by atoms with E-state index in [1.165, 1.54) is 11.3 Å². The molecule has 1 aromatic carbocycles. The van der Waals surface area contributed by atoms with Crippen molar-refractivity contribution in [1.82, 2.24) is 15.1 Å². The van der Waals surface area contributed by atoms with Crippen molar-refractivity contribution in [3.63, 3.8) is 0 Å². The normalized spacial score (nSPS) is 12.5. The number of hydrogen-bond donors (Lipinski definition) is 1. The molecule has 0 fully saturated rings. The van der Waals surface area contributed by atoms with Gasteiger partial charge in [-0.25, -0.2) is 0 Å². The minimum Gasteiger partial charge on any atom is -0.316 e. The highest BCUT2D eigenvalue weighted by Gasteiger charge is 2.15. The highest BCUT2D eigenvalue weighted by atomic mass is 35.5. The van der Waals surface area contributed by atoms with Crippen LogP contribution in [0.2, 0.25) is 5.02 Å². The van der Waals surface area contributed by atoms with Gasteiger partial charge in [-0.2, -0.15) is 5.10 Å². The molecule has 0 aliphatic carbocycles. The Hall–Kier alpha value is -1.32. The maximum absolute atomic E-state index is 6.38. The topological polar surface area (TPSA) is 29.9 Å². The molecular formula is C17H24ClN3. The Morgan fingerprint density at radius 3 is 2.76 bits per heavy atom. The summed E-state index contributed by atoms with van der Waals surface area (Å²) in [5.74, 6) is 0.431. The Bertz CT molecular complexity index is 550. The van der Waals surface area contributed by atoms with Gasteiger partial charge >= 0.3 is 0 Å². The summed E-state index contributed by atoms with van der Waals surface area (Å²) in [6.45, 7) is 4.20. The van der Waals surface area contributed by atoms with Crippen LogP contribution < -0.4 is 5.32 Å². The molecule has 1 N–H and O–H groups in total. The average molecular weight is 306 g/mol. The van der Waals surface area contributed by atoms with E-state index in [4.69, 9.17) is 11.6 Å². The molecule has 0 aliphatic rings. The van der Waals surface area contributed by atoms with Crippen LogP contribution in [0.4, 0.5) is 0 Å². The van der Waals surface area contributed by atoms with E-state index in [-0.39, 0.29) is 0 Å². The summed E-state index contributed by atoms with van der Waals surface area (Å²) in [4.78, 5) is 0.